The second kappa shape index (κ2) is 8.53. The largest absolute Gasteiger partial charge is 0.497 e. The molecule has 144 valence electrons. The summed E-state index contributed by atoms with van der Waals surface area (Å²) < 4.78 is 10.7. The van der Waals surface area contributed by atoms with Crippen LogP contribution in [0.2, 0.25) is 0 Å². The van der Waals surface area contributed by atoms with E-state index in [1.165, 1.54) is 11.3 Å². The number of rotatable bonds is 7. The van der Waals surface area contributed by atoms with E-state index in [4.69, 9.17) is 9.47 Å². The van der Waals surface area contributed by atoms with Gasteiger partial charge in [-0.25, -0.2) is 4.98 Å². The monoisotopic (exact) mass is 406 g/mol. The highest BCUT2D eigenvalue weighted by Crippen LogP contribution is 2.39. The van der Waals surface area contributed by atoms with Gasteiger partial charge in [-0.3, -0.25) is 4.79 Å². The molecular formula is C18H22N4O3S2. The molecular weight excluding hydrogens is 384 g/mol. The van der Waals surface area contributed by atoms with Crippen LogP contribution >= 0.6 is 23.1 Å². The van der Waals surface area contributed by atoms with Gasteiger partial charge in [0.2, 0.25) is 5.91 Å². The Morgan fingerprint density at radius 1 is 1.33 bits per heavy atom. The van der Waals surface area contributed by atoms with Crippen LogP contribution in [0, 0.1) is 0 Å². The topological polar surface area (TPSA) is 84.5 Å². The lowest BCUT2D eigenvalue weighted by Crippen LogP contribution is -2.39. The number of allylic oxidation sites excluding steroid dienone is 1. The lowest BCUT2D eigenvalue weighted by atomic mass is 10.2. The first-order chi connectivity index (χ1) is 13.0. The second-order valence-corrected chi connectivity index (χ2v) is 7.72. The van der Waals surface area contributed by atoms with Gasteiger partial charge in [0.1, 0.15) is 11.5 Å². The Kier molecular flexibility index (Phi) is 6.12. The number of methoxy groups -OCH3 is 2. The van der Waals surface area contributed by atoms with Gasteiger partial charge in [0, 0.05) is 23.6 Å². The number of carbonyl (C=O) groups excluding carboxylic acids is 1. The van der Waals surface area contributed by atoms with Crippen molar-refractivity contribution in [2.24, 2.45) is 0 Å². The molecule has 2 heterocycles. The Hall–Kier alpha value is -2.39. The number of amides is 1. The van der Waals surface area contributed by atoms with Gasteiger partial charge in [-0.1, -0.05) is 18.7 Å². The van der Waals surface area contributed by atoms with Crippen molar-refractivity contribution in [3.05, 3.63) is 35.0 Å². The third-order valence-electron chi connectivity index (χ3n) is 3.92. The number of thioether (sulfide) groups is 1. The van der Waals surface area contributed by atoms with E-state index in [1.807, 2.05) is 37.4 Å². The number of nitrogens with one attached hydrogen (secondary N) is 3. The minimum Gasteiger partial charge on any atom is -0.497 e. The molecule has 27 heavy (non-hydrogen) atoms. The Balaban J connectivity index is 1.74. The fraction of sp³-hybridized carbons (Fsp3) is 0.333. The van der Waals surface area contributed by atoms with Gasteiger partial charge >= 0.3 is 0 Å². The smallest absolute Gasteiger partial charge is 0.221 e. The Bertz CT molecular complexity index is 866. The Morgan fingerprint density at radius 3 is 2.85 bits per heavy atom. The van der Waals surface area contributed by atoms with Crippen LogP contribution in [0.5, 0.6) is 11.5 Å². The average Bonchev–Trinajstić information content (AvgIpc) is 3.27. The first kappa shape index (κ1) is 19.4. The zero-order valence-corrected chi connectivity index (χ0v) is 17.2. The fourth-order valence-electron chi connectivity index (χ4n) is 2.53. The predicted molar refractivity (Wildman–Crippen MR) is 110 cm³/mol. The third-order valence-corrected chi connectivity index (χ3v) is 5.90. The van der Waals surface area contributed by atoms with Crippen molar-refractivity contribution in [1.29, 1.82) is 0 Å². The standard InChI is InChI=1S/C18H22N4O3S2/c1-5-15(23)22-18-19-10(2)16(27-18)13-9-26-17(21-13)20-12-8-11(24-3)6-7-14(12)25-4/h6-9,18-19H,5H2,1-4H3,(H,20,21)(H,22,23). The number of anilines is 2. The molecule has 0 bridgehead atoms. The summed E-state index contributed by atoms with van der Waals surface area (Å²) in [6.07, 6.45) is 0.459. The molecule has 9 heteroatoms. The SMILES string of the molecule is CCC(=O)NC1NC(C)=C(c2csc(Nc3cc(OC)ccc3OC)n2)S1. The van der Waals surface area contributed by atoms with Crippen LogP contribution in [-0.2, 0) is 4.79 Å². The minimum atomic E-state index is -0.163. The summed E-state index contributed by atoms with van der Waals surface area (Å²) in [4.78, 5) is 17.3. The summed E-state index contributed by atoms with van der Waals surface area (Å²) in [5.41, 5.74) is 2.49. The number of hydrogen-bond acceptors (Lipinski definition) is 8. The zero-order chi connectivity index (χ0) is 19.4. The summed E-state index contributed by atoms with van der Waals surface area (Å²) in [5, 5.41) is 12.2. The van der Waals surface area contributed by atoms with Crippen LogP contribution in [0.4, 0.5) is 10.8 Å². The summed E-state index contributed by atoms with van der Waals surface area (Å²) in [6.45, 7) is 3.82. The third kappa shape index (κ3) is 4.48. The van der Waals surface area contributed by atoms with Crippen molar-refractivity contribution >= 4 is 44.7 Å². The van der Waals surface area contributed by atoms with E-state index < -0.39 is 0 Å². The lowest BCUT2D eigenvalue weighted by Gasteiger charge is -2.12. The number of carbonyl (C=O) groups is 1. The molecule has 0 saturated heterocycles. The molecule has 0 radical (unpaired) electrons. The number of ether oxygens (including phenoxy) is 2. The summed E-state index contributed by atoms with van der Waals surface area (Å²) in [7, 11) is 3.25. The molecule has 1 aromatic carbocycles. The van der Waals surface area contributed by atoms with Crippen molar-refractivity contribution in [1.82, 2.24) is 15.6 Å². The maximum absolute atomic E-state index is 11.6. The molecule has 0 saturated carbocycles. The molecule has 1 aromatic heterocycles. The number of aromatic nitrogens is 1. The van der Waals surface area contributed by atoms with Gasteiger partial charge in [0.05, 0.1) is 30.5 Å². The molecule has 7 nitrogen and oxygen atoms in total. The molecule has 3 N–H and O–H groups in total. The van der Waals surface area contributed by atoms with Crippen molar-refractivity contribution in [3.8, 4) is 11.5 Å². The maximum atomic E-state index is 11.6. The van der Waals surface area contributed by atoms with Crippen LogP contribution in [0.1, 0.15) is 26.0 Å². The van der Waals surface area contributed by atoms with Gasteiger partial charge in [-0.05, 0) is 19.1 Å². The van der Waals surface area contributed by atoms with Gasteiger partial charge in [0.25, 0.3) is 0 Å². The quantitative estimate of drug-likeness (QED) is 0.646. The van der Waals surface area contributed by atoms with E-state index >= 15 is 0 Å². The molecule has 1 aliphatic heterocycles. The predicted octanol–water partition coefficient (Wildman–Crippen LogP) is 3.74. The molecule has 1 unspecified atom stereocenters. The van der Waals surface area contributed by atoms with Gasteiger partial charge in [0.15, 0.2) is 10.6 Å². The van der Waals surface area contributed by atoms with E-state index in [0.29, 0.717) is 12.2 Å². The summed E-state index contributed by atoms with van der Waals surface area (Å²) in [6, 6.07) is 5.56. The van der Waals surface area contributed by atoms with Gasteiger partial charge < -0.3 is 25.4 Å². The van der Waals surface area contributed by atoms with Crippen molar-refractivity contribution in [2.75, 3.05) is 19.5 Å². The molecule has 0 fully saturated rings. The first-order valence-electron chi connectivity index (χ1n) is 8.42. The maximum Gasteiger partial charge on any atom is 0.221 e. The number of hydrogen-bond donors (Lipinski definition) is 3. The normalized spacial score (nSPS) is 16.1. The van der Waals surface area contributed by atoms with E-state index in [2.05, 4.69) is 20.9 Å². The Morgan fingerprint density at radius 2 is 2.15 bits per heavy atom. The van der Waals surface area contributed by atoms with Gasteiger partial charge in [-0.15, -0.1) is 11.3 Å². The van der Waals surface area contributed by atoms with E-state index in [9.17, 15) is 4.79 Å². The second-order valence-electron chi connectivity index (χ2n) is 5.75. The summed E-state index contributed by atoms with van der Waals surface area (Å²) in [5.74, 6) is 1.46. The highest BCUT2D eigenvalue weighted by molar-refractivity contribution is 8.09. The van der Waals surface area contributed by atoms with Crippen molar-refractivity contribution in [2.45, 2.75) is 25.8 Å². The van der Waals surface area contributed by atoms with Crippen molar-refractivity contribution < 1.29 is 14.3 Å². The number of benzene rings is 1. The average molecular weight is 407 g/mol. The van der Waals surface area contributed by atoms with E-state index in [-0.39, 0.29) is 11.4 Å². The zero-order valence-electron chi connectivity index (χ0n) is 15.6. The molecule has 1 aliphatic rings. The summed E-state index contributed by atoms with van der Waals surface area (Å²) >= 11 is 3.06. The van der Waals surface area contributed by atoms with Crippen LogP contribution in [-0.4, -0.2) is 30.6 Å². The lowest BCUT2D eigenvalue weighted by molar-refractivity contribution is -0.121. The molecule has 1 atom stereocenters. The van der Waals surface area contributed by atoms with Crippen LogP contribution in [0.25, 0.3) is 4.91 Å². The van der Waals surface area contributed by atoms with Gasteiger partial charge in [-0.2, -0.15) is 0 Å². The molecule has 0 spiro atoms. The number of thiazole rings is 1. The van der Waals surface area contributed by atoms with Crippen LogP contribution in [0.3, 0.4) is 0 Å². The highest BCUT2D eigenvalue weighted by Gasteiger charge is 2.25. The molecule has 1 amide bonds. The molecule has 0 aliphatic carbocycles. The van der Waals surface area contributed by atoms with E-state index in [1.54, 1.807) is 26.0 Å². The molecule has 3 rings (SSSR count). The van der Waals surface area contributed by atoms with Crippen LogP contribution in [0.15, 0.2) is 29.3 Å². The fourth-order valence-corrected chi connectivity index (χ4v) is 4.44. The first-order valence-corrected chi connectivity index (χ1v) is 10.2. The van der Waals surface area contributed by atoms with Crippen LogP contribution < -0.4 is 25.4 Å². The highest BCUT2D eigenvalue weighted by atomic mass is 32.2. The van der Waals surface area contributed by atoms with E-state index in [0.717, 1.165) is 32.9 Å². The molecule has 2 aromatic rings. The minimum absolute atomic E-state index is 0.0137. The Labute approximate surface area is 166 Å². The van der Waals surface area contributed by atoms with Crippen molar-refractivity contribution in [3.63, 3.8) is 0 Å². The number of nitrogens with zero attached hydrogens (tertiary/aromatic N) is 1.